The van der Waals surface area contributed by atoms with E-state index >= 15 is 0 Å². The van der Waals surface area contributed by atoms with Crippen molar-refractivity contribution >= 4 is 5.91 Å². The number of hydrogen-bond donors (Lipinski definition) is 2. The number of carbonyl (C=O) groups is 1. The zero-order valence-corrected chi connectivity index (χ0v) is 13.3. The number of carbonyl (C=O) groups excluding carboxylic acids is 1. The van der Waals surface area contributed by atoms with Gasteiger partial charge >= 0.3 is 0 Å². The Morgan fingerprint density at radius 3 is 2.68 bits per heavy atom. The van der Waals surface area contributed by atoms with E-state index in [-0.39, 0.29) is 12.3 Å². The second-order valence-electron chi connectivity index (χ2n) is 5.97. The summed E-state index contributed by atoms with van der Waals surface area (Å²) in [5.41, 5.74) is -0.367. The standard InChI is InChI=1S/C17H26N2O3/c1-17(21,15-6-3-2-4-7-15)14-16(20)18-8-5-9-19-10-12-22-13-11-19/h2-4,6-7,21H,5,8-14H2,1H3,(H,18,20). The van der Waals surface area contributed by atoms with Crippen LogP contribution in [0.3, 0.4) is 0 Å². The lowest BCUT2D eigenvalue weighted by atomic mass is 9.92. The molecule has 0 spiro atoms. The summed E-state index contributed by atoms with van der Waals surface area (Å²) in [6.07, 6.45) is 0.994. The summed E-state index contributed by atoms with van der Waals surface area (Å²) < 4.78 is 5.30. The first kappa shape index (κ1) is 16.9. The third-order valence-electron chi connectivity index (χ3n) is 3.98. The first-order valence-corrected chi connectivity index (χ1v) is 7.93. The Balaban J connectivity index is 1.67. The molecular formula is C17H26N2O3. The Morgan fingerprint density at radius 2 is 2.00 bits per heavy atom. The van der Waals surface area contributed by atoms with E-state index in [4.69, 9.17) is 4.74 Å². The first-order chi connectivity index (χ1) is 10.6. The van der Waals surface area contributed by atoms with Gasteiger partial charge in [0.25, 0.3) is 0 Å². The maximum absolute atomic E-state index is 12.0. The number of benzene rings is 1. The van der Waals surface area contributed by atoms with Crippen LogP contribution in [0.1, 0.15) is 25.3 Å². The number of hydrogen-bond acceptors (Lipinski definition) is 4. The van der Waals surface area contributed by atoms with Gasteiger partial charge in [0, 0.05) is 19.6 Å². The fraction of sp³-hybridized carbons (Fsp3) is 0.588. The Kier molecular flexibility index (Phi) is 6.36. The van der Waals surface area contributed by atoms with E-state index in [1.54, 1.807) is 6.92 Å². The second-order valence-corrected chi connectivity index (χ2v) is 5.97. The Hall–Kier alpha value is -1.43. The zero-order chi connectivity index (χ0) is 15.8. The molecule has 1 fully saturated rings. The molecule has 0 saturated carbocycles. The largest absolute Gasteiger partial charge is 0.385 e. The molecule has 1 amide bonds. The van der Waals surface area contributed by atoms with E-state index in [0.29, 0.717) is 6.54 Å². The molecule has 0 aromatic heterocycles. The van der Waals surface area contributed by atoms with Crippen molar-refractivity contribution in [3.8, 4) is 0 Å². The van der Waals surface area contributed by atoms with E-state index in [1.165, 1.54) is 0 Å². The molecule has 0 bridgehead atoms. The van der Waals surface area contributed by atoms with Gasteiger partial charge in [-0.05, 0) is 25.5 Å². The maximum Gasteiger partial charge on any atom is 0.223 e. The van der Waals surface area contributed by atoms with E-state index in [2.05, 4.69) is 10.2 Å². The molecule has 122 valence electrons. The number of ether oxygens (including phenoxy) is 1. The van der Waals surface area contributed by atoms with Gasteiger partial charge in [0.15, 0.2) is 0 Å². The molecule has 1 aromatic rings. The van der Waals surface area contributed by atoms with Crippen LogP contribution < -0.4 is 5.32 Å². The van der Waals surface area contributed by atoms with Crippen LogP contribution >= 0.6 is 0 Å². The highest BCUT2D eigenvalue weighted by Crippen LogP contribution is 2.23. The van der Waals surface area contributed by atoms with E-state index in [0.717, 1.165) is 44.8 Å². The topological polar surface area (TPSA) is 61.8 Å². The molecule has 5 heteroatoms. The molecule has 5 nitrogen and oxygen atoms in total. The number of nitrogens with zero attached hydrogens (tertiary/aromatic N) is 1. The molecule has 0 aliphatic carbocycles. The molecule has 1 atom stereocenters. The quantitative estimate of drug-likeness (QED) is 0.741. The van der Waals surface area contributed by atoms with Crippen LogP contribution in [0.2, 0.25) is 0 Å². The normalized spacial score (nSPS) is 18.6. The Bertz CT molecular complexity index is 456. The van der Waals surface area contributed by atoms with Gasteiger partial charge in [-0.3, -0.25) is 9.69 Å². The van der Waals surface area contributed by atoms with Gasteiger partial charge in [-0.25, -0.2) is 0 Å². The molecule has 0 radical (unpaired) electrons. The highest BCUT2D eigenvalue weighted by molar-refractivity contribution is 5.77. The van der Waals surface area contributed by atoms with Gasteiger partial charge in [-0.2, -0.15) is 0 Å². The van der Waals surface area contributed by atoms with Gasteiger partial charge in [-0.15, -0.1) is 0 Å². The van der Waals surface area contributed by atoms with Gasteiger partial charge in [-0.1, -0.05) is 30.3 Å². The average Bonchev–Trinajstić information content (AvgIpc) is 2.53. The van der Waals surface area contributed by atoms with Gasteiger partial charge in [0.1, 0.15) is 0 Å². The summed E-state index contributed by atoms with van der Waals surface area (Å²) in [5, 5.41) is 13.3. The number of nitrogens with one attached hydrogen (secondary N) is 1. The second kappa shape index (κ2) is 8.27. The number of morpholine rings is 1. The number of amides is 1. The third kappa shape index (κ3) is 5.40. The summed E-state index contributed by atoms with van der Waals surface area (Å²) >= 11 is 0. The van der Waals surface area contributed by atoms with Crippen molar-refractivity contribution in [2.24, 2.45) is 0 Å². The molecular weight excluding hydrogens is 280 g/mol. The minimum Gasteiger partial charge on any atom is -0.385 e. The van der Waals surface area contributed by atoms with Gasteiger partial charge in [0.2, 0.25) is 5.91 Å². The average molecular weight is 306 g/mol. The highest BCUT2D eigenvalue weighted by atomic mass is 16.5. The summed E-state index contributed by atoms with van der Waals surface area (Å²) in [6, 6.07) is 9.30. The number of aliphatic hydroxyl groups is 1. The number of rotatable bonds is 7. The lowest BCUT2D eigenvalue weighted by Crippen LogP contribution is -2.38. The monoisotopic (exact) mass is 306 g/mol. The van der Waals surface area contributed by atoms with Gasteiger partial charge in [0.05, 0.1) is 25.2 Å². The van der Waals surface area contributed by atoms with Crippen molar-refractivity contribution in [2.45, 2.75) is 25.4 Å². The molecule has 1 unspecified atom stereocenters. The van der Waals surface area contributed by atoms with Crippen LogP contribution in [0.15, 0.2) is 30.3 Å². The van der Waals surface area contributed by atoms with Crippen molar-refractivity contribution < 1.29 is 14.6 Å². The molecule has 1 heterocycles. The molecule has 2 N–H and O–H groups in total. The molecule has 22 heavy (non-hydrogen) atoms. The van der Waals surface area contributed by atoms with E-state index in [1.807, 2.05) is 30.3 Å². The summed E-state index contributed by atoms with van der Waals surface area (Å²) in [4.78, 5) is 14.3. The van der Waals surface area contributed by atoms with Crippen LogP contribution in [0.5, 0.6) is 0 Å². The SMILES string of the molecule is CC(O)(CC(=O)NCCCN1CCOCC1)c1ccccc1. The molecule has 1 aliphatic rings. The summed E-state index contributed by atoms with van der Waals surface area (Å²) in [5.74, 6) is -0.115. The highest BCUT2D eigenvalue weighted by Gasteiger charge is 2.26. The minimum atomic E-state index is -1.13. The summed E-state index contributed by atoms with van der Waals surface area (Å²) in [7, 11) is 0. The zero-order valence-electron chi connectivity index (χ0n) is 13.3. The van der Waals surface area contributed by atoms with Gasteiger partial charge < -0.3 is 15.2 Å². The maximum atomic E-state index is 12.0. The van der Waals surface area contributed by atoms with Crippen LogP contribution in [-0.4, -0.2) is 55.3 Å². The van der Waals surface area contributed by atoms with Crippen LogP contribution in [0.25, 0.3) is 0 Å². The van der Waals surface area contributed by atoms with Crippen molar-refractivity contribution in [3.05, 3.63) is 35.9 Å². The van der Waals surface area contributed by atoms with Crippen LogP contribution in [0, 0.1) is 0 Å². The molecule has 2 rings (SSSR count). The lowest BCUT2D eigenvalue weighted by molar-refractivity contribution is -0.125. The van der Waals surface area contributed by atoms with Crippen molar-refractivity contribution in [2.75, 3.05) is 39.4 Å². The fourth-order valence-electron chi connectivity index (χ4n) is 2.63. The van der Waals surface area contributed by atoms with Crippen LogP contribution in [-0.2, 0) is 15.1 Å². The Morgan fingerprint density at radius 1 is 1.32 bits per heavy atom. The predicted molar refractivity (Wildman–Crippen MR) is 85.5 cm³/mol. The molecule has 1 aliphatic heterocycles. The Labute approximate surface area is 132 Å². The molecule has 1 saturated heterocycles. The van der Waals surface area contributed by atoms with Crippen molar-refractivity contribution in [1.29, 1.82) is 0 Å². The fourth-order valence-corrected chi connectivity index (χ4v) is 2.63. The predicted octanol–water partition coefficient (Wildman–Crippen LogP) is 1.12. The third-order valence-corrected chi connectivity index (χ3v) is 3.98. The smallest absolute Gasteiger partial charge is 0.223 e. The minimum absolute atomic E-state index is 0.0779. The lowest BCUT2D eigenvalue weighted by Gasteiger charge is -2.26. The summed E-state index contributed by atoms with van der Waals surface area (Å²) in [6.45, 7) is 6.82. The van der Waals surface area contributed by atoms with E-state index in [9.17, 15) is 9.90 Å². The first-order valence-electron chi connectivity index (χ1n) is 7.93. The van der Waals surface area contributed by atoms with Crippen molar-refractivity contribution in [3.63, 3.8) is 0 Å². The van der Waals surface area contributed by atoms with E-state index < -0.39 is 5.60 Å². The van der Waals surface area contributed by atoms with Crippen LogP contribution in [0.4, 0.5) is 0 Å². The van der Waals surface area contributed by atoms with Crippen molar-refractivity contribution in [1.82, 2.24) is 10.2 Å². The molecule has 1 aromatic carbocycles.